The third kappa shape index (κ3) is 8.09. The number of benzene rings is 1. The molecular weight excluding hydrogens is 308 g/mol. The van der Waals surface area contributed by atoms with Crippen molar-refractivity contribution in [1.29, 1.82) is 0 Å². The van der Waals surface area contributed by atoms with Crippen molar-refractivity contribution in [3.8, 4) is 0 Å². The molecule has 0 aromatic heterocycles. The van der Waals surface area contributed by atoms with Crippen LogP contribution < -0.4 is 0 Å². The first-order chi connectivity index (χ1) is 9.88. The van der Waals surface area contributed by atoms with Crippen LogP contribution >= 0.6 is 15.9 Å². The van der Waals surface area contributed by atoms with E-state index in [1.54, 1.807) is 0 Å². The van der Waals surface area contributed by atoms with E-state index in [0.717, 1.165) is 5.33 Å². The lowest BCUT2D eigenvalue weighted by atomic mass is 10.0. The maximum absolute atomic E-state index is 3.58. The van der Waals surface area contributed by atoms with Crippen LogP contribution in [-0.2, 0) is 11.8 Å². The van der Waals surface area contributed by atoms with E-state index in [0.29, 0.717) is 0 Å². The zero-order valence-corrected chi connectivity index (χ0v) is 14.8. The van der Waals surface area contributed by atoms with E-state index in [2.05, 4.69) is 47.1 Å². The van der Waals surface area contributed by atoms with Gasteiger partial charge in [-0.05, 0) is 24.0 Å². The molecule has 1 aromatic carbocycles. The number of unbranched alkanes of at least 4 members (excludes halogenated alkanes) is 9. The van der Waals surface area contributed by atoms with E-state index in [9.17, 15) is 0 Å². The second-order valence-electron chi connectivity index (χ2n) is 5.83. The standard InChI is InChI=1S/C19H31Br/c1-2-3-4-5-6-7-8-9-10-11-14-18-15-12-13-16-19(18)17-20/h12-13,15-16H,2-11,14,17H2,1H3. The van der Waals surface area contributed by atoms with Crippen molar-refractivity contribution in [2.24, 2.45) is 0 Å². The molecule has 0 unspecified atom stereocenters. The Morgan fingerprint density at radius 1 is 0.700 bits per heavy atom. The Bertz CT molecular complexity index is 332. The Morgan fingerprint density at radius 3 is 1.75 bits per heavy atom. The highest BCUT2D eigenvalue weighted by Crippen LogP contribution is 2.16. The number of hydrogen-bond donors (Lipinski definition) is 0. The van der Waals surface area contributed by atoms with E-state index in [-0.39, 0.29) is 0 Å². The van der Waals surface area contributed by atoms with Crippen LogP contribution in [0.15, 0.2) is 24.3 Å². The minimum absolute atomic E-state index is 0.987. The summed E-state index contributed by atoms with van der Waals surface area (Å²) >= 11 is 3.58. The summed E-state index contributed by atoms with van der Waals surface area (Å²) in [6, 6.07) is 8.82. The SMILES string of the molecule is CCCCCCCCCCCCc1ccccc1CBr. The summed E-state index contributed by atoms with van der Waals surface area (Å²) < 4.78 is 0. The first kappa shape index (κ1) is 17.8. The summed E-state index contributed by atoms with van der Waals surface area (Å²) in [4.78, 5) is 0. The number of alkyl halides is 1. The summed E-state index contributed by atoms with van der Waals surface area (Å²) in [5.74, 6) is 0. The van der Waals surface area contributed by atoms with Gasteiger partial charge in [0.15, 0.2) is 0 Å². The molecule has 0 heterocycles. The van der Waals surface area contributed by atoms with Gasteiger partial charge < -0.3 is 0 Å². The van der Waals surface area contributed by atoms with Crippen molar-refractivity contribution in [2.45, 2.75) is 82.9 Å². The Hall–Kier alpha value is -0.300. The fraction of sp³-hybridized carbons (Fsp3) is 0.684. The van der Waals surface area contributed by atoms with Gasteiger partial charge >= 0.3 is 0 Å². The van der Waals surface area contributed by atoms with E-state index < -0.39 is 0 Å². The van der Waals surface area contributed by atoms with Crippen LogP contribution in [0.4, 0.5) is 0 Å². The summed E-state index contributed by atoms with van der Waals surface area (Å²) in [5.41, 5.74) is 2.99. The van der Waals surface area contributed by atoms with Crippen LogP contribution in [0.3, 0.4) is 0 Å². The average Bonchev–Trinajstić information content (AvgIpc) is 2.49. The quantitative estimate of drug-likeness (QED) is 0.283. The Kier molecular flexibility index (Phi) is 11.0. The Labute approximate surface area is 134 Å². The highest BCUT2D eigenvalue weighted by atomic mass is 79.9. The maximum atomic E-state index is 3.58. The van der Waals surface area contributed by atoms with Crippen LogP contribution in [0.5, 0.6) is 0 Å². The van der Waals surface area contributed by atoms with Crippen molar-refractivity contribution < 1.29 is 0 Å². The van der Waals surface area contributed by atoms with Crippen molar-refractivity contribution in [3.05, 3.63) is 35.4 Å². The van der Waals surface area contributed by atoms with E-state index in [1.165, 1.54) is 81.8 Å². The molecular formula is C19H31Br. The molecule has 1 heteroatoms. The van der Waals surface area contributed by atoms with Gasteiger partial charge in [-0.3, -0.25) is 0 Å². The van der Waals surface area contributed by atoms with Gasteiger partial charge in [0.25, 0.3) is 0 Å². The van der Waals surface area contributed by atoms with Crippen LogP contribution in [-0.4, -0.2) is 0 Å². The molecule has 1 aromatic rings. The van der Waals surface area contributed by atoms with Gasteiger partial charge in [0.1, 0.15) is 0 Å². The van der Waals surface area contributed by atoms with E-state index in [1.807, 2.05) is 0 Å². The Balaban J connectivity index is 1.97. The molecule has 0 aliphatic heterocycles. The molecule has 0 amide bonds. The normalized spacial score (nSPS) is 10.9. The highest BCUT2D eigenvalue weighted by molar-refractivity contribution is 9.08. The molecule has 0 saturated carbocycles. The molecule has 0 radical (unpaired) electrons. The fourth-order valence-electron chi connectivity index (χ4n) is 2.73. The van der Waals surface area contributed by atoms with Gasteiger partial charge in [-0.2, -0.15) is 0 Å². The third-order valence-corrected chi connectivity index (χ3v) is 4.67. The predicted octanol–water partition coefficient (Wildman–Crippen LogP) is 7.04. The fourth-order valence-corrected chi connectivity index (χ4v) is 3.28. The zero-order chi connectivity index (χ0) is 14.5. The molecule has 0 fully saturated rings. The molecule has 0 aliphatic carbocycles. The monoisotopic (exact) mass is 338 g/mol. The number of aryl methyl sites for hydroxylation is 1. The minimum Gasteiger partial charge on any atom is -0.0876 e. The molecule has 0 aliphatic rings. The maximum Gasteiger partial charge on any atom is 0.0285 e. The van der Waals surface area contributed by atoms with Crippen LogP contribution in [0.25, 0.3) is 0 Å². The largest absolute Gasteiger partial charge is 0.0876 e. The van der Waals surface area contributed by atoms with Gasteiger partial charge in [-0.1, -0.05) is 105 Å². The second kappa shape index (κ2) is 12.4. The smallest absolute Gasteiger partial charge is 0.0285 e. The molecule has 20 heavy (non-hydrogen) atoms. The van der Waals surface area contributed by atoms with Gasteiger partial charge in [0.05, 0.1) is 0 Å². The summed E-state index contributed by atoms with van der Waals surface area (Å²) in [5, 5.41) is 0.987. The summed E-state index contributed by atoms with van der Waals surface area (Å²) in [7, 11) is 0. The average molecular weight is 339 g/mol. The molecule has 0 N–H and O–H groups in total. The zero-order valence-electron chi connectivity index (χ0n) is 13.2. The Morgan fingerprint density at radius 2 is 1.20 bits per heavy atom. The van der Waals surface area contributed by atoms with Gasteiger partial charge in [-0.25, -0.2) is 0 Å². The number of hydrogen-bond acceptors (Lipinski definition) is 0. The topological polar surface area (TPSA) is 0 Å². The molecule has 114 valence electrons. The lowest BCUT2D eigenvalue weighted by Gasteiger charge is -2.07. The number of halogens is 1. The number of rotatable bonds is 12. The molecule has 0 atom stereocenters. The molecule has 0 bridgehead atoms. The van der Waals surface area contributed by atoms with Crippen molar-refractivity contribution in [2.75, 3.05) is 0 Å². The first-order valence-corrected chi connectivity index (χ1v) is 9.63. The van der Waals surface area contributed by atoms with Crippen molar-refractivity contribution >= 4 is 15.9 Å². The minimum atomic E-state index is 0.987. The summed E-state index contributed by atoms with van der Waals surface area (Å²) in [6.45, 7) is 2.29. The van der Waals surface area contributed by atoms with E-state index in [4.69, 9.17) is 0 Å². The molecule has 0 saturated heterocycles. The van der Waals surface area contributed by atoms with Gasteiger partial charge in [0.2, 0.25) is 0 Å². The highest BCUT2D eigenvalue weighted by Gasteiger charge is 2.00. The first-order valence-electron chi connectivity index (χ1n) is 8.51. The van der Waals surface area contributed by atoms with Crippen LogP contribution in [0, 0.1) is 0 Å². The third-order valence-electron chi connectivity index (χ3n) is 4.06. The predicted molar refractivity (Wildman–Crippen MR) is 94.6 cm³/mol. The van der Waals surface area contributed by atoms with Crippen LogP contribution in [0.2, 0.25) is 0 Å². The lowest BCUT2D eigenvalue weighted by molar-refractivity contribution is 0.556. The van der Waals surface area contributed by atoms with E-state index >= 15 is 0 Å². The summed E-state index contributed by atoms with van der Waals surface area (Å²) in [6.07, 6.45) is 15.4. The van der Waals surface area contributed by atoms with Gasteiger partial charge in [-0.15, -0.1) is 0 Å². The van der Waals surface area contributed by atoms with Crippen molar-refractivity contribution in [3.63, 3.8) is 0 Å². The molecule has 0 spiro atoms. The van der Waals surface area contributed by atoms with Gasteiger partial charge in [0, 0.05) is 5.33 Å². The molecule has 0 nitrogen and oxygen atoms in total. The van der Waals surface area contributed by atoms with Crippen molar-refractivity contribution in [1.82, 2.24) is 0 Å². The molecule has 1 rings (SSSR count). The second-order valence-corrected chi connectivity index (χ2v) is 6.40. The lowest BCUT2D eigenvalue weighted by Crippen LogP contribution is -1.92. The van der Waals surface area contributed by atoms with Crippen LogP contribution in [0.1, 0.15) is 82.3 Å².